The van der Waals surface area contributed by atoms with Crippen molar-refractivity contribution in [1.82, 2.24) is 15.5 Å². The van der Waals surface area contributed by atoms with Gasteiger partial charge in [0.2, 0.25) is 11.8 Å². The molecule has 0 fully saturated rings. The molecule has 1 atom stereocenters. The number of nitrogens with zero attached hydrogens (tertiary/aromatic N) is 2. The Morgan fingerprint density at radius 1 is 1.52 bits per heavy atom. The molecule has 2 aromatic rings. The van der Waals surface area contributed by atoms with Gasteiger partial charge < -0.3 is 15.2 Å². The summed E-state index contributed by atoms with van der Waals surface area (Å²) in [6.45, 7) is 3.77. The third-order valence-electron chi connectivity index (χ3n) is 3.13. The summed E-state index contributed by atoms with van der Waals surface area (Å²) in [7, 11) is 0. The smallest absolute Gasteiger partial charge is 0.239 e. The number of benzene rings is 1. The Morgan fingerprint density at radius 3 is 2.96 bits per heavy atom. The molecule has 1 amide bonds. The average Bonchev–Trinajstić information content (AvgIpc) is 3.02. The molecule has 6 nitrogen and oxygen atoms in total. The monoisotopic (exact) mass is 332 g/mol. The van der Waals surface area contributed by atoms with Gasteiger partial charge in [0.15, 0.2) is 5.82 Å². The fourth-order valence-corrected chi connectivity index (χ4v) is 2.08. The van der Waals surface area contributed by atoms with Gasteiger partial charge in [-0.3, -0.25) is 4.79 Å². The summed E-state index contributed by atoms with van der Waals surface area (Å²) in [5.74, 6) is 3.31. The van der Waals surface area contributed by atoms with E-state index in [-0.39, 0.29) is 18.5 Å². The quantitative estimate of drug-likeness (QED) is 0.795. The van der Waals surface area contributed by atoms with Crippen molar-refractivity contribution in [2.75, 3.05) is 11.9 Å². The van der Waals surface area contributed by atoms with Crippen LogP contribution >= 0.6 is 11.6 Å². The van der Waals surface area contributed by atoms with Gasteiger partial charge >= 0.3 is 0 Å². The van der Waals surface area contributed by atoms with Crippen LogP contribution in [0.1, 0.15) is 37.2 Å². The molecule has 0 radical (unpaired) electrons. The van der Waals surface area contributed by atoms with Crippen molar-refractivity contribution in [1.29, 1.82) is 0 Å². The Hall–Kier alpha value is -2.52. The maximum atomic E-state index is 12.0. The van der Waals surface area contributed by atoms with E-state index in [0.717, 1.165) is 0 Å². The van der Waals surface area contributed by atoms with Gasteiger partial charge in [0, 0.05) is 17.0 Å². The fourth-order valence-electron chi connectivity index (χ4n) is 1.91. The van der Waals surface area contributed by atoms with E-state index in [2.05, 4.69) is 26.7 Å². The van der Waals surface area contributed by atoms with Crippen molar-refractivity contribution in [3.8, 4) is 12.3 Å². The zero-order valence-electron chi connectivity index (χ0n) is 12.9. The van der Waals surface area contributed by atoms with E-state index in [4.69, 9.17) is 22.5 Å². The lowest BCUT2D eigenvalue weighted by atomic mass is 10.2. The second-order valence-electron chi connectivity index (χ2n) is 4.88. The molecule has 1 aromatic heterocycles. The van der Waals surface area contributed by atoms with Crippen LogP contribution < -0.4 is 10.6 Å². The molecule has 0 aliphatic rings. The number of halogens is 1. The molecule has 0 aliphatic carbocycles. The molecule has 0 bridgehead atoms. The van der Waals surface area contributed by atoms with Crippen LogP contribution in [0.25, 0.3) is 0 Å². The predicted octanol–water partition coefficient (Wildman–Crippen LogP) is 2.56. The number of amides is 1. The van der Waals surface area contributed by atoms with Crippen LogP contribution in [-0.4, -0.2) is 22.6 Å². The Balaban J connectivity index is 1.91. The number of rotatable bonds is 6. The largest absolute Gasteiger partial charge is 0.375 e. The minimum Gasteiger partial charge on any atom is -0.375 e. The number of carbonyl (C=O) groups excluding carboxylic acids is 1. The van der Waals surface area contributed by atoms with Crippen LogP contribution in [0.15, 0.2) is 22.7 Å². The first-order valence-corrected chi connectivity index (χ1v) is 7.53. The molecular weight excluding hydrogens is 316 g/mol. The van der Waals surface area contributed by atoms with E-state index in [0.29, 0.717) is 34.4 Å². The number of anilines is 1. The minimum absolute atomic E-state index is 0.0686. The van der Waals surface area contributed by atoms with Gasteiger partial charge in [-0.1, -0.05) is 29.6 Å². The second-order valence-corrected chi connectivity index (χ2v) is 5.31. The number of aromatic nitrogens is 2. The van der Waals surface area contributed by atoms with Crippen LogP contribution in [-0.2, 0) is 11.2 Å². The Kier molecular flexibility index (Phi) is 5.61. The average molecular weight is 333 g/mol. The molecule has 120 valence electrons. The lowest BCUT2D eigenvalue weighted by Gasteiger charge is -2.12. The molecule has 1 heterocycles. The molecule has 0 aliphatic heterocycles. The van der Waals surface area contributed by atoms with E-state index in [1.165, 1.54) is 0 Å². The first-order chi connectivity index (χ1) is 11.0. The highest BCUT2D eigenvalue weighted by atomic mass is 35.5. The van der Waals surface area contributed by atoms with Crippen molar-refractivity contribution in [2.24, 2.45) is 0 Å². The van der Waals surface area contributed by atoms with Crippen LogP contribution in [0.2, 0.25) is 5.02 Å². The van der Waals surface area contributed by atoms with Crippen LogP contribution in [0.3, 0.4) is 0 Å². The molecule has 0 saturated heterocycles. The number of terminal acetylenes is 1. The van der Waals surface area contributed by atoms with E-state index in [9.17, 15) is 4.79 Å². The predicted molar refractivity (Wildman–Crippen MR) is 88.1 cm³/mol. The molecule has 0 saturated carbocycles. The van der Waals surface area contributed by atoms with E-state index >= 15 is 0 Å². The maximum absolute atomic E-state index is 12.0. The summed E-state index contributed by atoms with van der Waals surface area (Å²) in [5, 5.41) is 10.2. The molecule has 2 N–H and O–H groups in total. The normalized spacial score (nSPS) is 11.6. The maximum Gasteiger partial charge on any atom is 0.239 e. The Bertz CT molecular complexity index is 736. The van der Waals surface area contributed by atoms with Crippen molar-refractivity contribution in [3.63, 3.8) is 0 Å². The van der Waals surface area contributed by atoms with E-state index < -0.39 is 0 Å². The van der Waals surface area contributed by atoms with Crippen molar-refractivity contribution in [3.05, 3.63) is 40.5 Å². The number of carbonyl (C=O) groups is 1. The summed E-state index contributed by atoms with van der Waals surface area (Å²) in [6.07, 6.45) is 6.08. The highest BCUT2D eigenvalue weighted by Gasteiger charge is 2.15. The van der Waals surface area contributed by atoms with E-state index in [1.807, 2.05) is 6.92 Å². The van der Waals surface area contributed by atoms with Gasteiger partial charge in [0.25, 0.3) is 0 Å². The van der Waals surface area contributed by atoms with Crippen LogP contribution in [0.4, 0.5) is 5.69 Å². The number of aryl methyl sites for hydroxylation is 1. The minimum atomic E-state index is -0.342. The van der Waals surface area contributed by atoms with Gasteiger partial charge in [-0.15, -0.1) is 6.42 Å². The molecular formula is C16H17ClN4O2. The van der Waals surface area contributed by atoms with Gasteiger partial charge in [-0.2, -0.15) is 4.98 Å². The van der Waals surface area contributed by atoms with Crippen LogP contribution in [0.5, 0.6) is 0 Å². The zero-order valence-corrected chi connectivity index (χ0v) is 13.6. The first-order valence-electron chi connectivity index (χ1n) is 7.15. The molecule has 1 aromatic carbocycles. The number of nitrogens with one attached hydrogen (secondary N) is 2. The summed E-state index contributed by atoms with van der Waals surface area (Å²) in [5.41, 5.74) is 1.27. The third kappa shape index (κ3) is 4.47. The Labute approximate surface area is 139 Å². The molecule has 23 heavy (non-hydrogen) atoms. The fraction of sp³-hybridized carbons (Fsp3) is 0.312. The zero-order chi connectivity index (χ0) is 16.8. The van der Waals surface area contributed by atoms with Crippen molar-refractivity contribution >= 4 is 23.2 Å². The lowest BCUT2D eigenvalue weighted by molar-refractivity contribution is -0.120. The summed E-state index contributed by atoms with van der Waals surface area (Å²) < 4.78 is 5.02. The topological polar surface area (TPSA) is 80.0 Å². The third-order valence-corrected chi connectivity index (χ3v) is 3.36. The standard InChI is InChI=1S/C16H17ClN4O2/c1-4-11-8-12(17)6-7-13(11)18-9-14(22)19-10(3)16-20-15(5-2)23-21-16/h1,6-8,10,18H,5,9H2,2-3H3,(H,19,22). The summed E-state index contributed by atoms with van der Waals surface area (Å²) in [6, 6.07) is 4.76. The molecule has 7 heteroatoms. The second kappa shape index (κ2) is 7.65. The van der Waals surface area contributed by atoms with E-state index in [1.54, 1.807) is 25.1 Å². The van der Waals surface area contributed by atoms with Gasteiger partial charge in [0.05, 0.1) is 18.3 Å². The lowest BCUT2D eigenvalue weighted by Crippen LogP contribution is -2.32. The number of hydrogen-bond acceptors (Lipinski definition) is 5. The summed E-state index contributed by atoms with van der Waals surface area (Å²) in [4.78, 5) is 16.2. The van der Waals surface area contributed by atoms with Gasteiger partial charge in [0.1, 0.15) is 0 Å². The van der Waals surface area contributed by atoms with Crippen molar-refractivity contribution in [2.45, 2.75) is 26.3 Å². The van der Waals surface area contributed by atoms with Crippen LogP contribution in [0, 0.1) is 12.3 Å². The number of hydrogen-bond donors (Lipinski definition) is 2. The summed E-state index contributed by atoms with van der Waals surface area (Å²) >= 11 is 5.88. The van der Waals surface area contributed by atoms with Crippen molar-refractivity contribution < 1.29 is 9.32 Å². The highest BCUT2D eigenvalue weighted by Crippen LogP contribution is 2.19. The first kappa shape index (κ1) is 16.8. The van der Waals surface area contributed by atoms with Gasteiger partial charge in [-0.05, 0) is 25.1 Å². The SMILES string of the molecule is C#Cc1cc(Cl)ccc1NCC(=O)NC(C)c1noc(CC)n1. The molecule has 0 spiro atoms. The van der Waals surface area contributed by atoms with Gasteiger partial charge in [-0.25, -0.2) is 0 Å². The Morgan fingerprint density at radius 2 is 2.30 bits per heavy atom. The molecule has 1 unspecified atom stereocenters. The highest BCUT2D eigenvalue weighted by molar-refractivity contribution is 6.30. The molecule has 2 rings (SSSR count).